The Morgan fingerprint density at radius 3 is 2.45 bits per heavy atom. The van der Waals surface area contributed by atoms with Gasteiger partial charge in [0.2, 0.25) is 5.43 Å². The van der Waals surface area contributed by atoms with Crippen LogP contribution in [0.5, 0.6) is 11.5 Å². The first-order valence-corrected chi connectivity index (χ1v) is 5.89. The summed E-state index contributed by atoms with van der Waals surface area (Å²) in [5.41, 5.74) is 6.92. The summed E-state index contributed by atoms with van der Waals surface area (Å²) >= 11 is 0. The van der Waals surface area contributed by atoms with Crippen molar-refractivity contribution in [3.8, 4) is 22.6 Å². The summed E-state index contributed by atoms with van der Waals surface area (Å²) in [5.74, 6) is -0.482. The van der Waals surface area contributed by atoms with Crippen LogP contribution in [0.15, 0.2) is 51.9 Å². The maximum atomic E-state index is 12.4. The maximum Gasteiger partial charge on any atom is 0.204 e. The van der Waals surface area contributed by atoms with Gasteiger partial charge in [-0.2, -0.15) is 0 Å². The molecule has 1 heterocycles. The second-order valence-electron chi connectivity index (χ2n) is 4.44. The van der Waals surface area contributed by atoms with E-state index in [1.807, 2.05) is 0 Å². The molecule has 5 heteroatoms. The van der Waals surface area contributed by atoms with Crippen molar-refractivity contribution in [2.75, 3.05) is 5.73 Å². The molecule has 0 atom stereocenters. The van der Waals surface area contributed by atoms with Gasteiger partial charge >= 0.3 is 0 Å². The van der Waals surface area contributed by atoms with Crippen LogP contribution in [0.1, 0.15) is 0 Å². The highest BCUT2D eigenvalue weighted by molar-refractivity contribution is 5.88. The third-order valence-corrected chi connectivity index (χ3v) is 3.06. The summed E-state index contributed by atoms with van der Waals surface area (Å²) < 4.78 is 5.32. The predicted octanol–water partition coefficient (Wildman–Crippen LogP) is 2.45. The number of hydrogen-bond donors (Lipinski definition) is 3. The molecule has 0 unspecified atom stereocenters. The summed E-state index contributed by atoms with van der Waals surface area (Å²) in [6, 6.07) is 9.14. The highest BCUT2D eigenvalue weighted by Gasteiger charge is 2.13. The topological polar surface area (TPSA) is 96.7 Å². The second-order valence-corrected chi connectivity index (χ2v) is 4.44. The van der Waals surface area contributed by atoms with Crippen molar-refractivity contribution in [3.63, 3.8) is 0 Å². The van der Waals surface area contributed by atoms with Crippen LogP contribution in [0, 0.1) is 0 Å². The second kappa shape index (κ2) is 4.31. The van der Waals surface area contributed by atoms with Gasteiger partial charge in [-0.15, -0.1) is 0 Å². The Morgan fingerprint density at radius 1 is 1.05 bits per heavy atom. The highest BCUT2D eigenvalue weighted by Crippen LogP contribution is 2.29. The monoisotopic (exact) mass is 269 g/mol. The molecular formula is C15H11NO4. The van der Waals surface area contributed by atoms with E-state index in [0.717, 1.165) is 6.07 Å². The zero-order valence-electron chi connectivity index (χ0n) is 10.3. The molecule has 0 fully saturated rings. The third kappa shape index (κ3) is 1.85. The van der Waals surface area contributed by atoms with Crippen molar-refractivity contribution < 1.29 is 14.6 Å². The van der Waals surface area contributed by atoms with E-state index in [1.54, 1.807) is 24.3 Å². The zero-order valence-corrected chi connectivity index (χ0v) is 10.3. The minimum atomic E-state index is -0.367. The van der Waals surface area contributed by atoms with Gasteiger partial charge in [-0.25, -0.2) is 0 Å². The molecule has 4 N–H and O–H groups in total. The van der Waals surface area contributed by atoms with Crippen molar-refractivity contribution in [1.29, 1.82) is 0 Å². The number of fused-ring (bicyclic) bond motifs is 1. The minimum absolute atomic E-state index is 0.0390. The van der Waals surface area contributed by atoms with E-state index in [1.165, 1.54) is 12.3 Å². The van der Waals surface area contributed by atoms with Gasteiger partial charge in [0.1, 0.15) is 28.7 Å². The molecule has 0 bridgehead atoms. The molecule has 2 aromatic carbocycles. The number of phenolic OH excluding ortho intramolecular Hbond substituents is 2. The van der Waals surface area contributed by atoms with Crippen LogP contribution < -0.4 is 11.2 Å². The first kappa shape index (κ1) is 12.1. The van der Waals surface area contributed by atoms with E-state index in [9.17, 15) is 15.0 Å². The Balaban J connectivity index is 2.31. The van der Waals surface area contributed by atoms with Crippen molar-refractivity contribution >= 4 is 16.7 Å². The van der Waals surface area contributed by atoms with E-state index < -0.39 is 0 Å². The Hall–Kier alpha value is -2.95. The van der Waals surface area contributed by atoms with Crippen LogP contribution in [0.2, 0.25) is 0 Å². The zero-order chi connectivity index (χ0) is 14.3. The summed E-state index contributed by atoms with van der Waals surface area (Å²) in [4.78, 5) is 12.4. The first-order valence-electron chi connectivity index (χ1n) is 5.89. The molecule has 0 saturated heterocycles. The van der Waals surface area contributed by atoms with Crippen LogP contribution in [0.3, 0.4) is 0 Å². The lowest BCUT2D eigenvalue weighted by Gasteiger charge is -2.05. The molecule has 3 rings (SSSR count). The normalized spacial score (nSPS) is 10.8. The molecule has 0 aliphatic heterocycles. The van der Waals surface area contributed by atoms with Gasteiger partial charge in [-0.1, -0.05) is 12.1 Å². The van der Waals surface area contributed by atoms with Gasteiger partial charge < -0.3 is 20.4 Å². The van der Waals surface area contributed by atoms with E-state index in [0.29, 0.717) is 16.8 Å². The average molecular weight is 269 g/mol. The fourth-order valence-corrected chi connectivity index (χ4v) is 2.08. The lowest BCUT2D eigenvalue weighted by atomic mass is 10.0. The number of aromatic hydroxyl groups is 2. The third-order valence-electron chi connectivity index (χ3n) is 3.06. The molecule has 3 aromatic rings. The largest absolute Gasteiger partial charge is 0.508 e. The van der Waals surface area contributed by atoms with Crippen LogP contribution in [-0.4, -0.2) is 10.2 Å². The van der Waals surface area contributed by atoms with Crippen LogP contribution in [0.4, 0.5) is 5.69 Å². The van der Waals surface area contributed by atoms with Crippen molar-refractivity contribution in [1.82, 2.24) is 0 Å². The number of benzene rings is 2. The van der Waals surface area contributed by atoms with Crippen molar-refractivity contribution in [2.45, 2.75) is 0 Å². The Morgan fingerprint density at radius 2 is 1.75 bits per heavy atom. The Labute approximate surface area is 113 Å². The summed E-state index contributed by atoms with van der Waals surface area (Å²) in [7, 11) is 0. The maximum absolute atomic E-state index is 12.4. The smallest absolute Gasteiger partial charge is 0.204 e. The quantitative estimate of drug-likeness (QED) is 0.589. The molecule has 0 spiro atoms. The number of phenols is 2. The van der Waals surface area contributed by atoms with E-state index in [4.69, 9.17) is 10.2 Å². The fourth-order valence-electron chi connectivity index (χ4n) is 2.08. The first-order chi connectivity index (χ1) is 9.56. The number of hydrogen-bond acceptors (Lipinski definition) is 5. The molecule has 0 amide bonds. The van der Waals surface area contributed by atoms with Crippen molar-refractivity contribution in [2.24, 2.45) is 0 Å². The van der Waals surface area contributed by atoms with Gasteiger partial charge in [0.25, 0.3) is 0 Å². The van der Waals surface area contributed by atoms with Crippen LogP contribution >= 0.6 is 0 Å². The Kier molecular flexibility index (Phi) is 2.61. The van der Waals surface area contributed by atoms with Gasteiger partial charge in [-0.3, -0.25) is 4.79 Å². The fraction of sp³-hybridized carbons (Fsp3) is 0. The summed E-state index contributed by atoms with van der Waals surface area (Å²) in [6.45, 7) is 0. The molecule has 0 saturated carbocycles. The number of anilines is 1. The minimum Gasteiger partial charge on any atom is -0.508 e. The molecule has 1 aromatic heterocycles. The predicted molar refractivity (Wildman–Crippen MR) is 75.7 cm³/mol. The van der Waals surface area contributed by atoms with Gasteiger partial charge in [0.05, 0.1) is 5.56 Å². The number of nitrogens with two attached hydrogens (primary N) is 1. The van der Waals surface area contributed by atoms with Crippen molar-refractivity contribution in [3.05, 3.63) is 52.9 Å². The van der Waals surface area contributed by atoms with Gasteiger partial charge in [-0.05, 0) is 17.7 Å². The van der Waals surface area contributed by atoms with Gasteiger partial charge in [0.15, 0.2) is 0 Å². The highest BCUT2D eigenvalue weighted by atomic mass is 16.3. The van der Waals surface area contributed by atoms with Crippen LogP contribution in [-0.2, 0) is 0 Å². The molecule has 0 radical (unpaired) electrons. The summed E-state index contributed by atoms with van der Waals surface area (Å²) in [6.07, 6.45) is 1.30. The molecule has 20 heavy (non-hydrogen) atoms. The van der Waals surface area contributed by atoms with E-state index >= 15 is 0 Å². The van der Waals surface area contributed by atoms with E-state index in [-0.39, 0.29) is 27.9 Å². The van der Waals surface area contributed by atoms with Gasteiger partial charge in [0, 0.05) is 17.8 Å². The average Bonchev–Trinajstić information content (AvgIpc) is 2.39. The van der Waals surface area contributed by atoms with E-state index in [2.05, 4.69) is 0 Å². The lowest BCUT2D eigenvalue weighted by molar-refractivity contribution is 0.452. The number of nitrogen functional groups attached to an aromatic ring is 1. The molecule has 0 aliphatic carbocycles. The molecule has 100 valence electrons. The summed E-state index contributed by atoms with van der Waals surface area (Å²) in [5, 5.41) is 19.2. The number of rotatable bonds is 1. The standard InChI is InChI=1S/C15H11NO4/c16-9-3-1-8(2-4-9)11-7-20-13-6-10(17)5-12(18)14(13)15(11)19/h1-7,17-18H,16H2. The molecule has 5 nitrogen and oxygen atoms in total. The Bertz CT molecular complexity index is 850. The molecule has 0 aliphatic rings. The lowest BCUT2D eigenvalue weighted by Crippen LogP contribution is -2.05. The molecular weight excluding hydrogens is 258 g/mol. The van der Waals surface area contributed by atoms with Crippen LogP contribution in [0.25, 0.3) is 22.1 Å². The SMILES string of the molecule is Nc1ccc(-c2coc3cc(O)cc(O)c3c2=O)cc1.